The Morgan fingerprint density at radius 2 is 2.10 bits per heavy atom. The van der Waals surface area contributed by atoms with Gasteiger partial charge in [0.1, 0.15) is 0 Å². The maximum Gasteiger partial charge on any atom is 0.151 e. The Kier molecular flexibility index (Phi) is 4.95. The predicted molar refractivity (Wildman–Crippen MR) is 46.9 cm³/mol. The standard InChI is InChI=1S/C5H4BrClN2.ClH/c6-3-4-1-2-5(7)9-8-4;/h1-2H,3H2;1H. The highest BCUT2D eigenvalue weighted by Gasteiger charge is 1.90. The molecule has 0 saturated carbocycles. The topological polar surface area (TPSA) is 25.8 Å². The average molecular weight is 244 g/mol. The monoisotopic (exact) mass is 242 g/mol. The molecule has 56 valence electrons. The molecular weight excluding hydrogens is 239 g/mol. The van der Waals surface area contributed by atoms with E-state index in [1.165, 1.54) is 0 Å². The first kappa shape index (κ1) is 10.1. The molecule has 1 heterocycles. The summed E-state index contributed by atoms with van der Waals surface area (Å²) < 4.78 is 0. The van der Waals surface area contributed by atoms with Crippen LogP contribution in [0.2, 0.25) is 5.15 Å². The molecule has 1 aromatic heterocycles. The molecule has 0 saturated heterocycles. The van der Waals surface area contributed by atoms with E-state index in [1.54, 1.807) is 6.07 Å². The van der Waals surface area contributed by atoms with E-state index in [9.17, 15) is 0 Å². The third-order valence-electron chi connectivity index (χ3n) is 0.824. The lowest BCUT2D eigenvalue weighted by atomic mass is 10.4. The van der Waals surface area contributed by atoms with E-state index in [4.69, 9.17) is 11.6 Å². The van der Waals surface area contributed by atoms with E-state index >= 15 is 0 Å². The van der Waals surface area contributed by atoms with Gasteiger partial charge in [-0.1, -0.05) is 27.5 Å². The molecule has 0 aliphatic carbocycles. The molecule has 0 spiro atoms. The molecule has 0 aromatic carbocycles. The van der Waals surface area contributed by atoms with Gasteiger partial charge < -0.3 is 0 Å². The van der Waals surface area contributed by atoms with Crippen molar-refractivity contribution in [1.82, 2.24) is 10.2 Å². The fourth-order valence-corrected chi connectivity index (χ4v) is 0.815. The number of aromatic nitrogens is 2. The van der Waals surface area contributed by atoms with Gasteiger partial charge in [-0.2, -0.15) is 5.10 Å². The second-order valence-corrected chi connectivity index (χ2v) is 2.43. The van der Waals surface area contributed by atoms with E-state index < -0.39 is 0 Å². The minimum atomic E-state index is 0. The lowest BCUT2D eigenvalue weighted by molar-refractivity contribution is 0.975. The molecule has 0 amide bonds. The van der Waals surface area contributed by atoms with Crippen LogP contribution in [0.1, 0.15) is 5.69 Å². The van der Waals surface area contributed by atoms with Crippen molar-refractivity contribution >= 4 is 39.9 Å². The Balaban J connectivity index is 0.000000810. The molecule has 1 aromatic rings. The van der Waals surface area contributed by atoms with Gasteiger partial charge in [-0.15, -0.1) is 17.5 Å². The smallest absolute Gasteiger partial charge is 0.151 e. The van der Waals surface area contributed by atoms with Crippen LogP contribution in [0.5, 0.6) is 0 Å². The quantitative estimate of drug-likeness (QED) is 0.709. The van der Waals surface area contributed by atoms with Crippen LogP contribution in [0.3, 0.4) is 0 Å². The molecule has 0 unspecified atom stereocenters. The van der Waals surface area contributed by atoms with E-state index in [0.717, 1.165) is 11.0 Å². The van der Waals surface area contributed by atoms with Crippen LogP contribution < -0.4 is 0 Å². The van der Waals surface area contributed by atoms with Gasteiger partial charge in [0.15, 0.2) is 5.15 Å². The van der Waals surface area contributed by atoms with Crippen LogP contribution in [-0.2, 0) is 5.33 Å². The lowest BCUT2D eigenvalue weighted by Crippen LogP contribution is -1.86. The van der Waals surface area contributed by atoms with Gasteiger partial charge >= 0.3 is 0 Å². The van der Waals surface area contributed by atoms with Crippen molar-refractivity contribution in [2.24, 2.45) is 0 Å². The van der Waals surface area contributed by atoms with Crippen molar-refractivity contribution in [1.29, 1.82) is 0 Å². The van der Waals surface area contributed by atoms with Gasteiger partial charge in [0.25, 0.3) is 0 Å². The summed E-state index contributed by atoms with van der Waals surface area (Å²) in [7, 11) is 0. The number of nitrogens with zero attached hydrogens (tertiary/aromatic N) is 2. The molecule has 0 aliphatic rings. The van der Waals surface area contributed by atoms with E-state index in [1.807, 2.05) is 6.07 Å². The summed E-state index contributed by atoms with van der Waals surface area (Å²) in [5.74, 6) is 0. The Bertz CT molecular complexity index is 189. The second-order valence-electron chi connectivity index (χ2n) is 1.48. The summed E-state index contributed by atoms with van der Waals surface area (Å²) in [5.41, 5.74) is 0.888. The molecule has 0 bridgehead atoms. The first-order valence-corrected chi connectivity index (χ1v) is 3.87. The number of alkyl halides is 1. The third kappa shape index (κ3) is 2.82. The van der Waals surface area contributed by atoms with Crippen LogP contribution >= 0.6 is 39.9 Å². The molecule has 0 fully saturated rings. The molecule has 10 heavy (non-hydrogen) atoms. The van der Waals surface area contributed by atoms with Crippen molar-refractivity contribution < 1.29 is 0 Å². The first-order valence-electron chi connectivity index (χ1n) is 2.37. The fraction of sp³-hybridized carbons (Fsp3) is 0.200. The summed E-state index contributed by atoms with van der Waals surface area (Å²) in [6, 6.07) is 3.54. The van der Waals surface area contributed by atoms with Crippen molar-refractivity contribution in [3.63, 3.8) is 0 Å². The number of hydrogen-bond acceptors (Lipinski definition) is 2. The van der Waals surface area contributed by atoms with Crippen LogP contribution in [0.15, 0.2) is 12.1 Å². The van der Waals surface area contributed by atoms with Crippen molar-refractivity contribution in [2.45, 2.75) is 5.33 Å². The maximum absolute atomic E-state index is 5.48. The molecular formula is C5H5BrCl2N2. The number of halogens is 3. The van der Waals surface area contributed by atoms with Gasteiger partial charge in [-0.3, -0.25) is 0 Å². The minimum Gasteiger partial charge on any atom is -0.153 e. The molecule has 2 nitrogen and oxygen atoms in total. The van der Waals surface area contributed by atoms with E-state index in [0.29, 0.717) is 5.15 Å². The lowest BCUT2D eigenvalue weighted by Gasteiger charge is -1.89. The highest BCUT2D eigenvalue weighted by molar-refractivity contribution is 9.08. The van der Waals surface area contributed by atoms with Gasteiger partial charge in [0.05, 0.1) is 5.69 Å². The van der Waals surface area contributed by atoms with Crippen LogP contribution in [-0.4, -0.2) is 10.2 Å². The van der Waals surface area contributed by atoms with Crippen molar-refractivity contribution in [3.05, 3.63) is 23.0 Å². The fourth-order valence-electron chi connectivity index (χ4n) is 0.415. The summed E-state index contributed by atoms with van der Waals surface area (Å²) in [5, 5.41) is 8.55. The molecule has 0 radical (unpaired) electrons. The van der Waals surface area contributed by atoms with Gasteiger partial charge in [-0.05, 0) is 12.1 Å². The molecule has 0 atom stereocenters. The average Bonchev–Trinajstić information content (AvgIpc) is 1.90. The summed E-state index contributed by atoms with van der Waals surface area (Å²) >= 11 is 8.72. The Labute approximate surface area is 78.5 Å². The van der Waals surface area contributed by atoms with E-state index in [2.05, 4.69) is 26.1 Å². The number of hydrogen-bond donors (Lipinski definition) is 0. The normalized spacial score (nSPS) is 8.60. The highest BCUT2D eigenvalue weighted by Crippen LogP contribution is 2.04. The van der Waals surface area contributed by atoms with E-state index in [-0.39, 0.29) is 12.4 Å². The van der Waals surface area contributed by atoms with Crippen molar-refractivity contribution in [3.8, 4) is 0 Å². The summed E-state index contributed by atoms with van der Waals surface area (Å²) in [4.78, 5) is 0. The molecule has 0 N–H and O–H groups in total. The zero-order valence-corrected chi connectivity index (χ0v) is 8.08. The Morgan fingerprint density at radius 1 is 1.40 bits per heavy atom. The van der Waals surface area contributed by atoms with Crippen LogP contribution in [0.25, 0.3) is 0 Å². The molecule has 5 heteroatoms. The minimum absolute atomic E-state index is 0. The van der Waals surface area contributed by atoms with Gasteiger partial charge in [0, 0.05) is 5.33 Å². The second kappa shape index (κ2) is 4.88. The van der Waals surface area contributed by atoms with Crippen LogP contribution in [0.4, 0.5) is 0 Å². The number of rotatable bonds is 1. The predicted octanol–water partition coefficient (Wildman–Crippen LogP) is 2.45. The summed E-state index contributed by atoms with van der Waals surface area (Å²) in [6.45, 7) is 0. The summed E-state index contributed by atoms with van der Waals surface area (Å²) in [6.07, 6.45) is 0. The first-order chi connectivity index (χ1) is 4.33. The SMILES string of the molecule is Cl.Clc1ccc(CBr)nn1. The largest absolute Gasteiger partial charge is 0.153 e. The Morgan fingerprint density at radius 3 is 2.50 bits per heavy atom. The molecule has 0 aliphatic heterocycles. The van der Waals surface area contributed by atoms with Gasteiger partial charge in [-0.25, -0.2) is 0 Å². The zero-order valence-electron chi connectivity index (χ0n) is 4.92. The maximum atomic E-state index is 5.48. The van der Waals surface area contributed by atoms with Crippen LogP contribution in [0, 0.1) is 0 Å². The Hall–Kier alpha value is 0.140. The molecule has 1 rings (SSSR count). The third-order valence-corrected chi connectivity index (χ3v) is 1.60. The highest BCUT2D eigenvalue weighted by atomic mass is 79.9. The van der Waals surface area contributed by atoms with Gasteiger partial charge in [0.2, 0.25) is 0 Å². The zero-order chi connectivity index (χ0) is 6.69. The van der Waals surface area contributed by atoms with Crippen molar-refractivity contribution in [2.75, 3.05) is 0 Å².